The summed E-state index contributed by atoms with van der Waals surface area (Å²) >= 11 is 0. The number of aryl methyl sites for hydroxylation is 1. The summed E-state index contributed by atoms with van der Waals surface area (Å²) in [5.74, 6) is 2.77. The fourth-order valence-electron chi connectivity index (χ4n) is 1.51. The molecule has 1 aromatic rings. The maximum atomic E-state index is 10.9. The lowest BCUT2D eigenvalue weighted by atomic mass is 10.2. The Kier molecular flexibility index (Phi) is 5.77. The second kappa shape index (κ2) is 6.86. The van der Waals surface area contributed by atoms with Crippen LogP contribution in [0, 0.1) is 0 Å². The van der Waals surface area contributed by atoms with Crippen LogP contribution in [-0.2, 0) is 17.2 Å². The van der Waals surface area contributed by atoms with E-state index in [1.807, 2.05) is 12.1 Å². The number of hydrogen-bond donors (Lipinski definition) is 1. The van der Waals surface area contributed by atoms with Crippen LogP contribution >= 0.6 is 0 Å². The van der Waals surface area contributed by atoms with E-state index in [0.717, 1.165) is 36.7 Å². The summed E-state index contributed by atoms with van der Waals surface area (Å²) in [6.07, 6.45) is 3.61. The van der Waals surface area contributed by atoms with Crippen molar-refractivity contribution in [3.05, 3.63) is 23.7 Å². The van der Waals surface area contributed by atoms with Crippen LogP contribution in [0.5, 0.6) is 0 Å². The maximum Gasteiger partial charge on any atom is 0.120 e. The summed E-state index contributed by atoms with van der Waals surface area (Å²) in [6.45, 7) is 5.04. The quantitative estimate of drug-likeness (QED) is 0.747. The van der Waals surface area contributed by atoms with Crippen molar-refractivity contribution in [1.29, 1.82) is 0 Å². The predicted octanol–water partition coefficient (Wildman–Crippen LogP) is 2.26. The fourth-order valence-corrected chi connectivity index (χ4v) is 2.06. The van der Waals surface area contributed by atoms with Crippen molar-refractivity contribution >= 4 is 10.8 Å². The smallest absolute Gasteiger partial charge is 0.120 e. The molecule has 92 valence electrons. The highest BCUT2D eigenvalue weighted by atomic mass is 32.2. The van der Waals surface area contributed by atoms with E-state index in [4.69, 9.17) is 4.42 Å². The molecule has 0 saturated heterocycles. The lowest BCUT2D eigenvalue weighted by Crippen LogP contribution is -2.20. The molecule has 0 radical (unpaired) electrons. The Balaban J connectivity index is 2.29. The third kappa shape index (κ3) is 4.49. The largest absolute Gasteiger partial charge is 0.464 e. The van der Waals surface area contributed by atoms with E-state index >= 15 is 0 Å². The molecule has 3 nitrogen and oxygen atoms in total. The number of rotatable bonds is 7. The molecule has 0 bridgehead atoms. The average molecular weight is 243 g/mol. The van der Waals surface area contributed by atoms with Gasteiger partial charge in [-0.15, -0.1) is 0 Å². The van der Waals surface area contributed by atoms with E-state index in [2.05, 4.69) is 19.2 Å². The van der Waals surface area contributed by atoms with Crippen molar-refractivity contribution in [2.75, 3.05) is 18.6 Å². The Morgan fingerprint density at radius 3 is 2.81 bits per heavy atom. The van der Waals surface area contributed by atoms with Gasteiger partial charge in [0.05, 0.1) is 6.04 Å². The molecule has 0 aliphatic carbocycles. The van der Waals surface area contributed by atoms with Crippen LogP contribution < -0.4 is 5.32 Å². The fraction of sp³-hybridized carbons (Fsp3) is 0.667. The van der Waals surface area contributed by atoms with Gasteiger partial charge in [0.1, 0.15) is 11.5 Å². The van der Waals surface area contributed by atoms with E-state index in [-0.39, 0.29) is 6.04 Å². The Labute approximate surface area is 100 Å². The second-order valence-electron chi connectivity index (χ2n) is 3.96. The molecule has 4 heteroatoms. The lowest BCUT2D eigenvalue weighted by molar-refractivity contribution is 0.409. The van der Waals surface area contributed by atoms with Crippen molar-refractivity contribution in [3.63, 3.8) is 0 Å². The first-order chi connectivity index (χ1) is 7.63. The predicted molar refractivity (Wildman–Crippen MR) is 68.1 cm³/mol. The van der Waals surface area contributed by atoms with Crippen molar-refractivity contribution < 1.29 is 8.63 Å². The average Bonchev–Trinajstić information content (AvgIpc) is 2.72. The first kappa shape index (κ1) is 13.5. The van der Waals surface area contributed by atoms with Crippen molar-refractivity contribution in [2.45, 2.75) is 32.7 Å². The highest BCUT2D eigenvalue weighted by Crippen LogP contribution is 2.16. The van der Waals surface area contributed by atoms with E-state index < -0.39 is 10.8 Å². The molecule has 2 atom stereocenters. The normalized spacial score (nSPS) is 14.9. The van der Waals surface area contributed by atoms with Gasteiger partial charge < -0.3 is 9.73 Å². The molecule has 1 aromatic heterocycles. The first-order valence-corrected chi connectivity index (χ1v) is 7.48. The van der Waals surface area contributed by atoms with Gasteiger partial charge in [0.2, 0.25) is 0 Å². The Morgan fingerprint density at radius 2 is 2.25 bits per heavy atom. The van der Waals surface area contributed by atoms with Gasteiger partial charge in [-0.25, -0.2) is 0 Å². The molecule has 0 fully saturated rings. The van der Waals surface area contributed by atoms with Crippen LogP contribution in [0.15, 0.2) is 16.5 Å². The molecule has 1 heterocycles. The Morgan fingerprint density at radius 1 is 1.50 bits per heavy atom. The van der Waals surface area contributed by atoms with Gasteiger partial charge >= 0.3 is 0 Å². The molecule has 1 N–H and O–H groups in total. The van der Waals surface area contributed by atoms with Crippen LogP contribution in [0.1, 0.15) is 37.8 Å². The van der Waals surface area contributed by atoms with E-state index in [9.17, 15) is 4.21 Å². The summed E-state index contributed by atoms with van der Waals surface area (Å²) in [5, 5.41) is 3.36. The SMILES string of the molecule is CCc1ccc(C(C)NCCCS(C)=O)o1. The molecule has 1 rings (SSSR count). The van der Waals surface area contributed by atoms with Crippen LogP contribution in [0.3, 0.4) is 0 Å². The summed E-state index contributed by atoms with van der Waals surface area (Å²) in [4.78, 5) is 0. The van der Waals surface area contributed by atoms with Gasteiger partial charge in [-0.2, -0.15) is 0 Å². The Bertz CT molecular complexity index is 336. The van der Waals surface area contributed by atoms with Gasteiger partial charge in [-0.05, 0) is 32.0 Å². The third-order valence-electron chi connectivity index (χ3n) is 2.52. The van der Waals surface area contributed by atoms with Crippen LogP contribution in [0.4, 0.5) is 0 Å². The van der Waals surface area contributed by atoms with Crippen LogP contribution in [-0.4, -0.2) is 22.8 Å². The standard InChI is InChI=1S/C12H21NO2S/c1-4-11-6-7-12(15-11)10(2)13-8-5-9-16(3)14/h6-7,10,13H,4-5,8-9H2,1-3H3. The van der Waals surface area contributed by atoms with E-state index in [0.29, 0.717) is 0 Å². The number of nitrogens with one attached hydrogen (secondary N) is 1. The molecular weight excluding hydrogens is 222 g/mol. The first-order valence-electron chi connectivity index (χ1n) is 5.75. The number of furan rings is 1. The molecular formula is C12H21NO2S. The molecule has 0 amide bonds. The molecule has 0 aliphatic rings. The maximum absolute atomic E-state index is 10.9. The molecule has 0 saturated carbocycles. The molecule has 0 aromatic carbocycles. The van der Waals surface area contributed by atoms with Crippen molar-refractivity contribution in [1.82, 2.24) is 5.32 Å². The monoisotopic (exact) mass is 243 g/mol. The third-order valence-corrected chi connectivity index (χ3v) is 3.38. The molecule has 2 unspecified atom stereocenters. The number of hydrogen-bond acceptors (Lipinski definition) is 3. The van der Waals surface area contributed by atoms with Crippen LogP contribution in [0.25, 0.3) is 0 Å². The van der Waals surface area contributed by atoms with Crippen molar-refractivity contribution in [3.8, 4) is 0 Å². The van der Waals surface area contributed by atoms with Crippen LogP contribution in [0.2, 0.25) is 0 Å². The zero-order chi connectivity index (χ0) is 12.0. The van der Waals surface area contributed by atoms with Gasteiger partial charge in [-0.1, -0.05) is 6.92 Å². The van der Waals surface area contributed by atoms with Gasteiger partial charge in [0.15, 0.2) is 0 Å². The van der Waals surface area contributed by atoms with E-state index in [1.54, 1.807) is 6.26 Å². The van der Waals surface area contributed by atoms with Gasteiger partial charge in [-0.3, -0.25) is 4.21 Å². The lowest BCUT2D eigenvalue weighted by Gasteiger charge is -2.10. The highest BCUT2D eigenvalue weighted by Gasteiger charge is 2.08. The zero-order valence-electron chi connectivity index (χ0n) is 10.3. The van der Waals surface area contributed by atoms with Crippen molar-refractivity contribution in [2.24, 2.45) is 0 Å². The van der Waals surface area contributed by atoms with Gasteiger partial charge in [0, 0.05) is 29.2 Å². The van der Waals surface area contributed by atoms with Gasteiger partial charge in [0.25, 0.3) is 0 Å². The topological polar surface area (TPSA) is 42.2 Å². The molecule has 0 aliphatic heterocycles. The van der Waals surface area contributed by atoms with E-state index in [1.165, 1.54) is 0 Å². The summed E-state index contributed by atoms with van der Waals surface area (Å²) in [6, 6.07) is 4.27. The summed E-state index contributed by atoms with van der Waals surface area (Å²) < 4.78 is 16.5. The second-order valence-corrected chi connectivity index (χ2v) is 5.52. The zero-order valence-corrected chi connectivity index (χ0v) is 11.1. The summed E-state index contributed by atoms with van der Waals surface area (Å²) in [7, 11) is -0.686. The molecule has 0 spiro atoms. The highest BCUT2D eigenvalue weighted by molar-refractivity contribution is 7.84. The molecule has 16 heavy (non-hydrogen) atoms. The minimum atomic E-state index is -0.686. The minimum absolute atomic E-state index is 0.227. The minimum Gasteiger partial charge on any atom is -0.464 e. The summed E-state index contributed by atoms with van der Waals surface area (Å²) in [5.41, 5.74) is 0. The Hall–Kier alpha value is -0.610.